The van der Waals surface area contributed by atoms with Gasteiger partial charge in [0, 0.05) is 24.2 Å². The number of benzene rings is 1. The highest BCUT2D eigenvalue weighted by atomic mass is 32.1. The monoisotopic (exact) mass is 380 g/mol. The lowest BCUT2D eigenvalue weighted by atomic mass is 10.1. The van der Waals surface area contributed by atoms with Crippen molar-refractivity contribution in [2.45, 2.75) is 13.0 Å². The van der Waals surface area contributed by atoms with Gasteiger partial charge in [0.1, 0.15) is 29.3 Å². The Hall–Kier alpha value is -2.03. The van der Waals surface area contributed by atoms with Crippen LogP contribution in [0.4, 0.5) is 4.39 Å². The normalized spacial score (nSPS) is 17.9. The van der Waals surface area contributed by atoms with Crippen molar-refractivity contribution in [3.8, 4) is 16.3 Å². The largest absolute Gasteiger partial charge is 0.491 e. The smallest absolute Gasteiger partial charge is 0.341 e. The van der Waals surface area contributed by atoms with Crippen molar-refractivity contribution < 1.29 is 23.4 Å². The highest BCUT2D eigenvalue weighted by molar-refractivity contribution is 7.14. The van der Waals surface area contributed by atoms with Crippen molar-refractivity contribution in [3.63, 3.8) is 0 Å². The molecule has 1 aromatic heterocycles. The lowest BCUT2D eigenvalue weighted by Gasteiger charge is -2.29. The number of methoxy groups -OCH3 is 1. The van der Waals surface area contributed by atoms with E-state index in [9.17, 15) is 9.18 Å². The number of hydrogen-bond acceptors (Lipinski definition) is 7. The van der Waals surface area contributed by atoms with E-state index in [2.05, 4.69) is 9.88 Å². The molecule has 0 N–H and O–H groups in total. The van der Waals surface area contributed by atoms with Crippen LogP contribution in [0.25, 0.3) is 10.6 Å². The van der Waals surface area contributed by atoms with Gasteiger partial charge in [-0.2, -0.15) is 0 Å². The molecule has 2 aromatic rings. The maximum absolute atomic E-state index is 14.8. The first kappa shape index (κ1) is 18.8. The summed E-state index contributed by atoms with van der Waals surface area (Å²) in [6.45, 7) is 4.48. The zero-order valence-electron chi connectivity index (χ0n) is 15.0. The van der Waals surface area contributed by atoms with E-state index >= 15 is 0 Å². The number of aromatic nitrogens is 1. The second-order valence-corrected chi connectivity index (χ2v) is 7.40. The summed E-state index contributed by atoms with van der Waals surface area (Å²) in [5.74, 6) is -1.03. The van der Waals surface area contributed by atoms with Crippen LogP contribution in [0.2, 0.25) is 0 Å². The number of aryl methyl sites for hydroxylation is 1. The zero-order valence-corrected chi connectivity index (χ0v) is 15.8. The van der Waals surface area contributed by atoms with Crippen LogP contribution in [0.3, 0.4) is 0 Å². The first-order valence-electron chi connectivity index (χ1n) is 8.25. The molecule has 1 saturated heterocycles. The quantitative estimate of drug-likeness (QED) is 0.744. The van der Waals surface area contributed by atoms with Crippen LogP contribution in [0.1, 0.15) is 15.2 Å². The molecule has 1 fully saturated rings. The lowest BCUT2D eigenvalue weighted by molar-refractivity contribution is -0.0403. The third-order valence-corrected chi connectivity index (χ3v) is 5.03. The summed E-state index contributed by atoms with van der Waals surface area (Å²) >= 11 is 1.35. The number of hydrogen-bond donors (Lipinski definition) is 0. The number of halogens is 1. The van der Waals surface area contributed by atoms with E-state index in [1.165, 1.54) is 24.5 Å². The molecule has 1 aromatic carbocycles. The molecule has 0 saturated carbocycles. The number of esters is 1. The summed E-state index contributed by atoms with van der Waals surface area (Å²) in [7, 11) is 3.24. The van der Waals surface area contributed by atoms with Crippen LogP contribution in [-0.4, -0.2) is 62.4 Å². The standard InChI is InChI=1S/C18H21FN2O4S/c1-11-8-20-17(26-11)14-6-12(7-15(16(14)19)18(22)23-3)25-10-13-9-21(2)4-5-24-13/h6-8,13H,4-5,9-10H2,1-3H3/t13-/m1/s1. The number of rotatable bonds is 5. The van der Waals surface area contributed by atoms with Crippen molar-refractivity contribution in [2.24, 2.45) is 0 Å². The first-order valence-corrected chi connectivity index (χ1v) is 9.07. The minimum absolute atomic E-state index is 0.0778. The minimum Gasteiger partial charge on any atom is -0.491 e. The average Bonchev–Trinajstić information content (AvgIpc) is 3.06. The maximum Gasteiger partial charge on any atom is 0.341 e. The van der Waals surface area contributed by atoms with E-state index in [1.54, 1.807) is 12.3 Å². The molecule has 1 atom stereocenters. The predicted molar refractivity (Wildman–Crippen MR) is 96.3 cm³/mol. The Labute approximate surface area is 155 Å². The Morgan fingerprint density at radius 2 is 2.31 bits per heavy atom. The number of likely N-dealkylation sites (N-methyl/N-ethyl adjacent to an activating group) is 1. The highest BCUT2D eigenvalue weighted by Crippen LogP contribution is 2.33. The van der Waals surface area contributed by atoms with Gasteiger partial charge in [0.25, 0.3) is 0 Å². The molecule has 1 aliphatic heterocycles. The maximum atomic E-state index is 14.8. The third kappa shape index (κ3) is 4.20. The molecule has 8 heteroatoms. The van der Waals surface area contributed by atoms with Gasteiger partial charge < -0.3 is 19.1 Å². The van der Waals surface area contributed by atoms with Gasteiger partial charge in [-0.3, -0.25) is 0 Å². The Morgan fingerprint density at radius 1 is 1.50 bits per heavy atom. The molecule has 3 rings (SSSR count). The van der Waals surface area contributed by atoms with Crippen LogP contribution in [0.15, 0.2) is 18.3 Å². The highest BCUT2D eigenvalue weighted by Gasteiger charge is 2.22. The summed E-state index contributed by atoms with van der Waals surface area (Å²) in [5.41, 5.74) is 0.0530. The van der Waals surface area contributed by atoms with Crippen LogP contribution in [0.5, 0.6) is 5.75 Å². The van der Waals surface area contributed by atoms with Crippen LogP contribution in [-0.2, 0) is 9.47 Å². The molecule has 6 nitrogen and oxygen atoms in total. The molecule has 0 unspecified atom stereocenters. The van der Waals surface area contributed by atoms with E-state index < -0.39 is 11.8 Å². The summed E-state index contributed by atoms with van der Waals surface area (Å²) in [6, 6.07) is 2.92. The Balaban J connectivity index is 1.88. The third-order valence-electron chi connectivity index (χ3n) is 4.08. The Bertz CT molecular complexity index is 795. The molecule has 0 amide bonds. The SMILES string of the molecule is COC(=O)c1cc(OC[C@H]2CN(C)CCO2)cc(-c2ncc(C)s2)c1F. The van der Waals surface area contributed by atoms with Crippen LogP contribution in [0, 0.1) is 12.7 Å². The van der Waals surface area contributed by atoms with Gasteiger partial charge in [-0.05, 0) is 26.1 Å². The summed E-state index contributed by atoms with van der Waals surface area (Å²) < 4.78 is 31.0. The number of nitrogens with zero attached hydrogens (tertiary/aromatic N) is 2. The first-order chi connectivity index (χ1) is 12.5. The molecule has 26 heavy (non-hydrogen) atoms. The molecular weight excluding hydrogens is 359 g/mol. The van der Waals surface area contributed by atoms with Gasteiger partial charge >= 0.3 is 5.97 Å². The molecule has 0 radical (unpaired) electrons. The van der Waals surface area contributed by atoms with Crippen molar-refractivity contribution in [3.05, 3.63) is 34.6 Å². The molecule has 2 heterocycles. The predicted octanol–water partition coefficient (Wildman–Crippen LogP) is 2.75. The summed E-state index contributed by atoms with van der Waals surface area (Å²) in [6.07, 6.45) is 1.59. The number of ether oxygens (including phenoxy) is 3. The average molecular weight is 380 g/mol. The second-order valence-electron chi connectivity index (χ2n) is 6.17. The second kappa shape index (κ2) is 8.11. The van der Waals surface area contributed by atoms with Gasteiger partial charge in [0.05, 0.1) is 24.8 Å². The van der Waals surface area contributed by atoms with E-state index in [-0.39, 0.29) is 17.2 Å². The van der Waals surface area contributed by atoms with E-state index in [0.717, 1.165) is 18.0 Å². The van der Waals surface area contributed by atoms with Crippen molar-refractivity contribution >= 4 is 17.3 Å². The van der Waals surface area contributed by atoms with Gasteiger partial charge in [-0.1, -0.05) is 0 Å². The molecule has 0 spiro atoms. The Morgan fingerprint density at radius 3 is 2.96 bits per heavy atom. The van der Waals surface area contributed by atoms with E-state index in [0.29, 0.717) is 24.0 Å². The molecular formula is C18H21FN2O4S. The number of morpholine rings is 1. The van der Waals surface area contributed by atoms with Crippen LogP contribution < -0.4 is 4.74 Å². The van der Waals surface area contributed by atoms with Gasteiger partial charge in [0.2, 0.25) is 0 Å². The van der Waals surface area contributed by atoms with E-state index in [1.807, 2.05) is 14.0 Å². The van der Waals surface area contributed by atoms with Crippen molar-refractivity contribution in [1.82, 2.24) is 9.88 Å². The fourth-order valence-corrected chi connectivity index (χ4v) is 3.51. The molecule has 1 aliphatic rings. The summed E-state index contributed by atoms with van der Waals surface area (Å²) in [5, 5.41) is 0.490. The Kier molecular flexibility index (Phi) is 5.85. The van der Waals surface area contributed by atoms with Gasteiger partial charge in [-0.15, -0.1) is 11.3 Å². The number of carbonyl (C=O) groups excluding carboxylic acids is 1. The fraction of sp³-hybridized carbons (Fsp3) is 0.444. The minimum atomic E-state index is -0.754. The number of thiazole rings is 1. The molecule has 0 bridgehead atoms. The van der Waals surface area contributed by atoms with E-state index in [4.69, 9.17) is 14.2 Å². The topological polar surface area (TPSA) is 60.9 Å². The number of carbonyl (C=O) groups is 1. The van der Waals surface area contributed by atoms with Gasteiger partial charge in [0.15, 0.2) is 0 Å². The zero-order chi connectivity index (χ0) is 18.7. The van der Waals surface area contributed by atoms with Crippen LogP contribution >= 0.6 is 11.3 Å². The van der Waals surface area contributed by atoms with Gasteiger partial charge in [-0.25, -0.2) is 14.2 Å². The van der Waals surface area contributed by atoms with Crippen molar-refractivity contribution in [1.29, 1.82) is 0 Å². The summed E-state index contributed by atoms with van der Waals surface area (Å²) in [4.78, 5) is 19.3. The lowest BCUT2D eigenvalue weighted by Crippen LogP contribution is -2.42. The fourth-order valence-electron chi connectivity index (χ4n) is 2.73. The molecule has 0 aliphatic carbocycles. The molecule has 140 valence electrons. The van der Waals surface area contributed by atoms with Crippen molar-refractivity contribution in [2.75, 3.05) is 40.5 Å².